The van der Waals surface area contributed by atoms with Gasteiger partial charge in [-0.05, 0) is 42.7 Å². The summed E-state index contributed by atoms with van der Waals surface area (Å²) in [5.74, 6) is 0.527. The van der Waals surface area contributed by atoms with Crippen LogP contribution < -0.4 is 10.1 Å². The van der Waals surface area contributed by atoms with Crippen molar-refractivity contribution in [3.8, 4) is 5.75 Å². The maximum Gasteiger partial charge on any atom is 0.242 e. The Labute approximate surface area is 178 Å². The third-order valence-electron chi connectivity index (χ3n) is 5.37. The fourth-order valence-electron chi connectivity index (χ4n) is 3.55. The Kier molecular flexibility index (Phi) is 7.12. The number of carbonyl (C=O) groups excluding carboxylic acids is 1. The summed E-state index contributed by atoms with van der Waals surface area (Å²) in [5.41, 5.74) is 0.422. The van der Waals surface area contributed by atoms with Crippen molar-refractivity contribution in [3.63, 3.8) is 0 Å². The summed E-state index contributed by atoms with van der Waals surface area (Å²) in [4.78, 5) is 13.3. The van der Waals surface area contributed by atoms with Crippen molar-refractivity contribution in [2.45, 2.75) is 23.2 Å². The standard InChI is InChI=1S/C22H28N2O5S/c1-24(2)30(26,27)20-10-8-19(9-11-20)29-17-14-23-21(25)22(12-15-28-16-13-22)18-6-4-3-5-7-18/h3-11H,12-17H2,1-2H3,(H,23,25). The van der Waals surface area contributed by atoms with Crippen LogP contribution in [-0.2, 0) is 25.0 Å². The molecule has 1 aliphatic heterocycles. The van der Waals surface area contributed by atoms with Gasteiger partial charge >= 0.3 is 0 Å². The van der Waals surface area contributed by atoms with Gasteiger partial charge in [0.15, 0.2) is 0 Å². The normalized spacial score (nSPS) is 16.2. The second-order valence-corrected chi connectivity index (χ2v) is 9.58. The quantitative estimate of drug-likeness (QED) is 0.647. The zero-order valence-corrected chi connectivity index (χ0v) is 18.2. The molecule has 7 nitrogen and oxygen atoms in total. The number of carbonyl (C=O) groups is 1. The average Bonchev–Trinajstić information content (AvgIpc) is 2.78. The van der Waals surface area contributed by atoms with Crippen LogP contribution >= 0.6 is 0 Å². The van der Waals surface area contributed by atoms with Crippen molar-refractivity contribution >= 4 is 15.9 Å². The highest BCUT2D eigenvalue weighted by atomic mass is 32.2. The van der Waals surface area contributed by atoms with Gasteiger partial charge in [-0.25, -0.2) is 12.7 Å². The number of rotatable bonds is 8. The zero-order chi connectivity index (χ0) is 21.6. The molecule has 1 fully saturated rings. The predicted octanol–water partition coefficient (Wildman–Crippen LogP) is 2.18. The summed E-state index contributed by atoms with van der Waals surface area (Å²) in [6, 6.07) is 16.1. The number of sulfonamides is 1. The molecule has 0 radical (unpaired) electrons. The second-order valence-electron chi connectivity index (χ2n) is 7.42. The number of nitrogens with one attached hydrogen (secondary N) is 1. The highest BCUT2D eigenvalue weighted by Crippen LogP contribution is 2.35. The van der Waals surface area contributed by atoms with Crippen molar-refractivity contribution in [2.75, 3.05) is 40.5 Å². The van der Waals surface area contributed by atoms with Crippen LogP contribution in [0.2, 0.25) is 0 Å². The first-order chi connectivity index (χ1) is 14.4. The molecule has 1 N–H and O–H groups in total. The molecule has 0 spiro atoms. The summed E-state index contributed by atoms with van der Waals surface area (Å²) in [6.45, 7) is 1.75. The van der Waals surface area contributed by atoms with Crippen LogP contribution in [0.4, 0.5) is 0 Å². The molecule has 3 rings (SSSR count). The van der Waals surface area contributed by atoms with Gasteiger partial charge in [0, 0.05) is 27.3 Å². The first-order valence-corrected chi connectivity index (χ1v) is 11.4. The lowest BCUT2D eigenvalue weighted by Crippen LogP contribution is -2.48. The molecule has 1 heterocycles. The van der Waals surface area contributed by atoms with Crippen LogP contribution in [0, 0.1) is 0 Å². The molecule has 1 aliphatic rings. The Balaban J connectivity index is 1.56. The lowest BCUT2D eigenvalue weighted by Gasteiger charge is -2.36. The molecule has 2 aromatic carbocycles. The summed E-state index contributed by atoms with van der Waals surface area (Å²) in [5, 5.41) is 2.99. The minimum atomic E-state index is -3.47. The van der Waals surface area contributed by atoms with Crippen molar-refractivity contribution in [3.05, 3.63) is 60.2 Å². The number of amides is 1. The molecule has 1 saturated heterocycles. The first kappa shape index (κ1) is 22.3. The fraction of sp³-hybridized carbons (Fsp3) is 0.409. The maximum atomic E-state index is 13.1. The van der Waals surface area contributed by atoms with Crippen LogP contribution in [0.5, 0.6) is 5.75 Å². The van der Waals surface area contributed by atoms with Crippen LogP contribution in [-0.4, -0.2) is 59.1 Å². The van der Waals surface area contributed by atoms with Gasteiger partial charge in [0.05, 0.1) is 16.9 Å². The topological polar surface area (TPSA) is 84.9 Å². The molecular weight excluding hydrogens is 404 g/mol. The van der Waals surface area contributed by atoms with Gasteiger partial charge < -0.3 is 14.8 Å². The van der Waals surface area contributed by atoms with Crippen LogP contribution in [0.3, 0.4) is 0 Å². The van der Waals surface area contributed by atoms with E-state index in [-0.39, 0.29) is 17.4 Å². The number of hydrogen-bond donors (Lipinski definition) is 1. The van der Waals surface area contributed by atoms with Crippen molar-refractivity contribution < 1.29 is 22.7 Å². The van der Waals surface area contributed by atoms with Gasteiger partial charge in [-0.2, -0.15) is 0 Å². The zero-order valence-electron chi connectivity index (χ0n) is 17.3. The van der Waals surface area contributed by atoms with Crippen molar-refractivity contribution in [1.29, 1.82) is 0 Å². The van der Waals surface area contributed by atoms with Gasteiger partial charge in [0.25, 0.3) is 0 Å². The van der Waals surface area contributed by atoms with Crippen LogP contribution in [0.1, 0.15) is 18.4 Å². The summed E-state index contributed by atoms with van der Waals surface area (Å²) in [6.07, 6.45) is 1.29. The molecular formula is C22H28N2O5S. The molecule has 0 unspecified atom stereocenters. The van der Waals surface area contributed by atoms with E-state index in [1.54, 1.807) is 12.1 Å². The molecule has 8 heteroatoms. The van der Waals surface area contributed by atoms with E-state index in [1.165, 1.54) is 26.2 Å². The predicted molar refractivity (Wildman–Crippen MR) is 114 cm³/mol. The third kappa shape index (κ3) is 4.83. The van der Waals surface area contributed by atoms with E-state index in [4.69, 9.17) is 9.47 Å². The van der Waals surface area contributed by atoms with E-state index in [0.29, 0.717) is 38.3 Å². The van der Waals surface area contributed by atoms with Gasteiger partial charge in [0.1, 0.15) is 12.4 Å². The van der Waals surface area contributed by atoms with Gasteiger partial charge in [-0.3, -0.25) is 4.79 Å². The highest BCUT2D eigenvalue weighted by Gasteiger charge is 2.41. The summed E-state index contributed by atoms with van der Waals surface area (Å²) < 4.78 is 36.5. The number of benzene rings is 2. The monoisotopic (exact) mass is 432 g/mol. The minimum absolute atomic E-state index is 0.0203. The fourth-order valence-corrected chi connectivity index (χ4v) is 4.45. The molecule has 0 aliphatic carbocycles. The van der Waals surface area contributed by atoms with E-state index in [9.17, 15) is 13.2 Å². The number of hydrogen-bond acceptors (Lipinski definition) is 5. The van der Waals surface area contributed by atoms with E-state index in [2.05, 4.69) is 5.32 Å². The summed E-state index contributed by atoms with van der Waals surface area (Å²) in [7, 11) is -0.487. The minimum Gasteiger partial charge on any atom is -0.492 e. The Morgan fingerprint density at radius 3 is 2.30 bits per heavy atom. The van der Waals surface area contributed by atoms with Crippen molar-refractivity contribution in [2.24, 2.45) is 0 Å². The average molecular weight is 433 g/mol. The Bertz CT molecular complexity index is 937. The van der Waals surface area contributed by atoms with Gasteiger partial charge in [0.2, 0.25) is 15.9 Å². The number of nitrogens with zero attached hydrogens (tertiary/aromatic N) is 1. The molecule has 162 valence electrons. The second kappa shape index (κ2) is 9.59. The van der Waals surface area contributed by atoms with Gasteiger partial charge in [-0.1, -0.05) is 30.3 Å². The molecule has 30 heavy (non-hydrogen) atoms. The van der Waals surface area contributed by atoms with E-state index < -0.39 is 15.4 Å². The Morgan fingerprint density at radius 1 is 1.07 bits per heavy atom. The largest absolute Gasteiger partial charge is 0.492 e. The first-order valence-electron chi connectivity index (χ1n) is 9.93. The van der Waals surface area contributed by atoms with Crippen molar-refractivity contribution in [1.82, 2.24) is 9.62 Å². The highest BCUT2D eigenvalue weighted by molar-refractivity contribution is 7.89. The van der Waals surface area contributed by atoms with E-state index >= 15 is 0 Å². The lowest BCUT2D eigenvalue weighted by atomic mass is 9.73. The van der Waals surface area contributed by atoms with Crippen LogP contribution in [0.25, 0.3) is 0 Å². The lowest BCUT2D eigenvalue weighted by molar-refractivity contribution is -0.130. The molecule has 0 saturated carbocycles. The molecule has 0 atom stereocenters. The van der Waals surface area contributed by atoms with E-state index in [1.807, 2.05) is 30.3 Å². The molecule has 2 aromatic rings. The third-order valence-corrected chi connectivity index (χ3v) is 7.20. The molecule has 1 amide bonds. The molecule has 0 aromatic heterocycles. The van der Waals surface area contributed by atoms with Crippen LogP contribution in [0.15, 0.2) is 59.5 Å². The molecule has 0 bridgehead atoms. The Morgan fingerprint density at radius 2 is 1.70 bits per heavy atom. The Hall–Kier alpha value is -2.42. The number of ether oxygens (including phenoxy) is 2. The van der Waals surface area contributed by atoms with E-state index in [0.717, 1.165) is 9.87 Å². The smallest absolute Gasteiger partial charge is 0.242 e. The van der Waals surface area contributed by atoms with Gasteiger partial charge in [-0.15, -0.1) is 0 Å². The summed E-state index contributed by atoms with van der Waals surface area (Å²) >= 11 is 0. The maximum absolute atomic E-state index is 13.1. The SMILES string of the molecule is CN(C)S(=O)(=O)c1ccc(OCCNC(=O)C2(c3ccccc3)CCOCC2)cc1.